The van der Waals surface area contributed by atoms with Gasteiger partial charge in [-0.3, -0.25) is 0 Å². The van der Waals surface area contributed by atoms with Gasteiger partial charge in [0.15, 0.2) is 0 Å². The van der Waals surface area contributed by atoms with E-state index in [2.05, 4.69) is 223 Å². The normalized spacial score (nSPS) is 9.70. The van der Waals surface area contributed by atoms with Crippen LogP contribution < -0.4 is 13.3 Å². The van der Waals surface area contributed by atoms with Gasteiger partial charge in [0.25, 0.3) is 0 Å². The number of fused-ring (bicyclic) bond motifs is 5. The van der Waals surface area contributed by atoms with Gasteiger partial charge in [-0.15, -0.1) is 0 Å². The van der Waals surface area contributed by atoms with Crippen molar-refractivity contribution in [2.75, 3.05) is 20.6 Å². The van der Waals surface area contributed by atoms with Crippen molar-refractivity contribution in [3.63, 3.8) is 0 Å². The maximum Gasteiger partial charge on any atom is -0.0184 e. The van der Waals surface area contributed by atoms with Crippen molar-refractivity contribution in [2.45, 2.75) is 109 Å². The minimum atomic E-state index is 0.160. The van der Waals surface area contributed by atoms with Crippen LogP contribution in [-0.2, 0) is 5.41 Å². The first-order valence-corrected chi connectivity index (χ1v) is 35.0. The molecule has 1 aliphatic carbocycles. The van der Waals surface area contributed by atoms with Crippen molar-refractivity contribution in [3.8, 4) is 11.1 Å². The molecule has 0 unspecified atom stereocenters. The zero-order valence-electron chi connectivity index (χ0n) is 41.1. The molecule has 4 heteroatoms. The first-order valence-electron chi connectivity index (χ1n) is 22.4. The summed E-state index contributed by atoms with van der Waals surface area (Å²) in [6.07, 6.45) is 0. The van der Waals surface area contributed by atoms with E-state index in [9.17, 15) is 0 Å². The van der Waals surface area contributed by atoms with Crippen LogP contribution in [0, 0.1) is 0 Å². The van der Waals surface area contributed by atoms with Crippen LogP contribution in [0.1, 0.15) is 115 Å². The summed E-state index contributed by atoms with van der Waals surface area (Å²) in [6, 6.07) is 62.9. The van der Waals surface area contributed by atoms with Crippen molar-refractivity contribution < 1.29 is 13.3 Å². The molecule has 0 spiro atoms. The van der Waals surface area contributed by atoms with Crippen molar-refractivity contribution in [3.05, 3.63) is 193 Å². The van der Waals surface area contributed by atoms with Gasteiger partial charge in [-0.1, -0.05) is 286 Å². The van der Waals surface area contributed by atoms with E-state index < -0.39 is 0 Å². The molecule has 0 saturated carbocycles. The van der Waals surface area contributed by atoms with E-state index in [1.807, 2.05) is 119 Å². The van der Waals surface area contributed by atoms with E-state index in [4.69, 9.17) is 0 Å². The summed E-state index contributed by atoms with van der Waals surface area (Å²) in [6.45, 7) is 31.9. The fraction of sp³-hybridized carbons (Fsp3) is 0.333. The van der Waals surface area contributed by atoms with Crippen LogP contribution in [0.5, 0.6) is 0 Å². The summed E-state index contributed by atoms with van der Waals surface area (Å²) < 4.78 is 0. The Labute approximate surface area is 407 Å². The third kappa shape index (κ3) is 27.8. The number of hydrogen-bond donors (Lipinski definition) is 0. The van der Waals surface area contributed by atoms with Crippen molar-refractivity contribution in [2.24, 2.45) is 0 Å². The molecule has 8 rings (SSSR count). The minimum Gasteiger partial charge on any atom is -0.0623 e. The molecule has 61 heavy (non-hydrogen) atoms. The van der Waals surface area contributed by atoms with Gasteiger partial charge in [0.1, 0.15) is 0 Å². The molecular formula is C57H83I3N-. The second kappa shape index (κ2) is 46.7. The average Bonchev–Trinajstić information content (AvgIpc) is 3.60. The Morgan fingerprint density at radius 3 is 0.705 bits per heavy atom. The van der Waals surface area contributed by atoms with Crippen molar-refractivity contribution in [1.82, 2.24) is 4.90 Å². The van der Waals surface area contributed by atoms with Gasteiger partial charge in [-0.25, -0.2) is 0 Å². The Kier molecular flexibility index (Phi) is 49.6. The second-order valence-electron chi connectivity index (χ2n) is 12.0. The van der Waals surface area contributed by atoms with E-state index in [-0.39, 0.29) is 5.41 Å². The summed E-state index contributed by atoms with van der Waals surface area (Å²) in [5.74, 6) is 0. The maximum atomic E-state index is 2.39. The second-order valence-corrected chi connectivity index (χ2v) is 28.3. The van der Waals surface area contributed by atoms with Gasteiger partial charge in [0.2, 0.25) is 0 Å². The molecule has 0 heterocycles. The maximum absolute atomic E-state index is 2.39. The summed E-state index contributed by atoms with van der Waals surface area (Å²) in [4.78, 5) is 2.12. The first-order chi connectivity index (χ1) is 29.8. The van der Waals surface area contributed by atoms with Crippen molar-refractivity contribution >= 4 is 58.8 Å². The minimum absolute atomic E-state index is 0.160. The summed E-state index contributed by atoms with van der Waals surface area (Å²) in [5, 5.41) is 5.24. The number of benzene rings is 7. The molecule has 1 aliphatic rings. The largest absolute Gasteiger partial charge is 0.0623 e. The van der Waals surface area contributed by atoms with Gasteiger partial charge in [-0.2, -0.15) is 0 Å². The van der Waals surface area contributed by atoms with Gasteiger partial charge in [0, 0.05) is 5.41 Å². The third-order valence-electron chi connectivity index (χ3n) is 8.11. The van der Waals surface area contributed by atoms with Crippen LogP contribution in [0.2, 0.25) is 0 Å². The molecule has 7 aromatic rings. The van der Waals surface area contributed by atoms with E-state index in [1.165, 1.54) is 43.8 Å². The molecule has 7 aromatic carbocycles. The number of hydrogen-bond acceptors (Lipinski definition) is 1. The number of halogens is 3. The first kappa shape index (κ1) is 64.8. The van der Waals surface area contributed by atoms with Crippen LogP contribution in [0.4, 0.5) is 0 Å². The Morgan fingerprint density at radius 1 is 0.361 bits per heavy atom. The molecule has 0 aromatic heterocycles. The van der Waals surface area contributed by atoms with Gasteiger partial charge in [0.05, 0.1) is 0 Å². The standard InChI is InChI=1S/C15H14.2C10H8.C6H6.C4H11N.6C2H6.I3/c1-15(2)13-9-5-3-7-11(13)12-8-4-6-10-14(12)15;2*1-2-6-10-8-4-3-7-9(10)5-1;1-2-4-6-5-3-1;1-4-5(2)3;6*1-2;1-3-2/h3-10H,1-2H3;2*1-8H;1-6H;4H2,1-3H3;6*1-2H3;/q;;;;;;;;;;;-1. The van der Waals surface area contributed by atoms with Crippen molar-refractivity contribution in [1.29, 1.82) is 0 Å². The summed E-state index contributed by atoms with van der Waals surface area (Å²) in [7, 11) is 4.11. The van der Waals surface area contributed by atoms with Gasteiger partial charge >= 0.3 is 50.5 Å². The molecule has 0 aliphatic heterocycles. The third-order valence-corrected chi connectivity index (χ3v) is 8.11. The van der Waals surface area contributed by atoms with Gasteiger partial charge < -0.3 is 4.90 Å². The fourth-order valence-electron chi connectivity index (χ4n) is 5.32. The summed E-state index contributed by atoms with van der Waals surface area (Å²) >= 11 is 5.30. The molecule has 0 radical (unpaired) electrons. The van der Waals surface area contributed by atoms with Crippen LogP contribution in [0.25, 0.3) is 32.7 Å². The predicted molar refractivity (Wildman–Crippen MR) is 299 cm³/mol. The molecule has 0 saturated heterocycles. The molecule has 0 atom stereocenters. The quantitative estimate of drug-likeness (QED) is 0.148. The van der Waals surface area contributed by atoms with E-state index in [0.29, 0.717) is 13.3 Å². The number of nitrogens with zero attached hydrogens (tertiary/aromatic N) is 1. The van der Waals surface area contributed by atoms with Gasteiger partial charge in [-0.05, 0) is 64.4 Å². The monoisotopic (exact) mass is 1160 g/mol. The Bertz CT molecular complexity index is 1640. The van der Waals surface area contributed by atoms with Crippen LogP contribution in [-0.4, -0.2) is 25.5 Å². The predicted octanol–water partition coefficient (Wildman–Crippen LogP) is 16.9. The Morgan fingerprint density at radius 2 is 0.525 bits per heavy atom. The van der Waals surface area contributed by atoms with Crippen LogP contribution in [0.3, 0.4) is 0 Å². The van der Waals surface area contributed by atoms with E-state index in [0.717, 1.165) is 6.54 Å². The molecule has 0 N–H and O–H groups in total. The Balaban J connectivity index is -0.000000319. The van der Waals surface area contributed by atoms with Crippen LogP contribution in [0.15, 0.2) is 182 Å². The topological polar surface area (TPSA) is 3.24 Å². The zero-order chi connectivity index (χ0) is 47.3. The van der Waals surface area contributed by atoms with E-state index in [1.54, 1.807) is 0 Å². The Hall–Kier alpha value is -2.79. The van der Waals surface area contributed by atoms with E-state index >= 15 is 0 Å². The molecule has 0 bridgehead atoms. The van der Waals surface area contributed by atoms with Crippen LogP contribution >= 0.6 is 37.2 Å². The zero-order valence-corrected chi connectivity index (χ0v) is 47.6. The average molecular weight is 1160 g/mol. The smallest absolute Gasteiger partial charge is 0.0184 e. The molecule has 338 valence electrons. The molecule has 0 fully saturated rings. The fourth-order valence-corrected chi connectivity index (χ4v) is 5.32. The molecular weight excluding hydrogens is 1080 g/mol. The SMILES string of the molecule is CC.CC.CC.CC.CC.CC.CC1(C)c2ccccc2-c2ccccc21.CCN(C)C.I[I-]I.c1ccc2ccccc2c1.c1ccc2ccccc2c1.c1ccccc1. The molecule has 1 nitrogen and oxygen atoms in total. The molecule has 0 amide bonds. The number of rotatable bonds is 1. The summed E-state index contributed by atoms with van der Waals surface area (Å²) in [5.41, 5.74) is 5.86.